The van der Waals surface area contributed by atoms with Crippen molar-refractivity contribution in [2.24, 2.45) is 11.8 Å². The molecule has 0 aromatic carbocycles. The normalized spacial score (nSPS) is 23.9. The minimum absolute atomic E-state index is 0.294. The van der Waals surface area contributed by atoms with Gasteiger partial charge in [0.1, 0.15) is 5.82 Å². The third kappa shape index (κ3) is 3.36. The smallest absolute Gasteiger partial charge is 0.140 e. The molecule has 18 heavy (non-hydrogen) atoms. The number of nitrogens with two attached hydrogens (primary N) is 1. The van der Waals surface area contributed by atoms with Gasteiger partial charge < -0.3 is 16.2 Å². The van der Waals surface area contributed by atoms with Gasteiger partial charge in [0.15, 0.2) is 0 Å². The monoisotopic (exact) mass is 313 g/mol. The number of hydrogen-bond acceptors (Lipinski definition) is 4. The molecule has 1 fully saturated rings. The molecule has 4 N–H and O–H groups in total. The molecule has 2 unspecified atom stereocenters. The summed E-state index contributed by atoms with van der Waals surface area (Å²) in [6, 6.07) is 1.85. The molecule has 2 rings (SSSR count). The van der Waals surface area contributed by atoms with Crippen LogP contribution < -0.4 is 11.1 Å². The van der Waals surface area contributed by atoms with E-state index in [-0.39, 0.29) is 0 Å². The molecule has 0 amide bonds. The maximum atomic E-state index is 9.38. The van der Waals surface area contributed by atoms with Crippen LogP contribution >= 0.6 is 15.9 Å². The Hall–Kier alpha value is -0.810. The SMILES string of the molecule is Nc1cnc(NCC2CCCCC2CO)c(Br)c1. The summed E-state index contributed by atoms with van der Waals surface area (Å²) in [7, 11) is 0. The van der Waals surface area contributed by atoms with Gasteiger partial charge in [0.05, 0.1) is 16.4 Å². The summed E-state index contributed by atoms with van der Waals surface area (Å²) in [6.07, 6.45) is 6.48. The first-order valence-corrected chi connectivity index (χ1v) is 7.25. The summed E-state index contributed by atoms with van der Waals surface area (Å²) < 4.78 is 0.888. The molecule has 1 aliphatic rings. The molecule has 0 aliphatic heterocycles. The third-order valence-electron chi connectivity index (χ3n) is 3.70. The lowest BCUT2D eigenvalue weighted by Gasteiger charge is -2.30. The summed E-state index contributed by atoms with van der Waals surface area (Å²) in [5.41, 5.74) is 6.31. The van der Waals surface area contributed by atoms with Crippen molar-refractivity contribution < 1.29 is 5.11 Å². The Bertz CT molecular complexity index is 400. The van der Waals surface area contributed by atoms with E-state index in [1.165, 1.54) is 19.3 Å². The first kappa shape index (κ1) is 13.6. The molecule has 0 bridgehead atoms. The van der Waals surface area contributed by atoms with Crippen LogP contribution in [0.1, 0.15) is 25.7 Å². The summed E-state index contributed by atoms with van der Waals surface area (Å²) in [5, 5.41) is 12.7. The van der Waals surface area contributed by atoms with Gasteiger partial charge in [-0.1, -0.05) is 12.8 Å². The zero-order valence-corrected chi connectivity index (χ0v) is 12.0. The number of pyridine rings is 1. The van der Waals surface area contributed by atoms with E-state index >= 15 is 0 Å². The van der Waals surface area contributed by atoms with Gasteiger partial charge in [-0.15, -0.1) is 0 Å². The van der Waals surface area contributed by atoms with E-state index in [0.717, 1.165) is 23.3 Å². The Morgan fingerprint density at radius 1 is 1.39 bits per heavy atom. The predicted molar refractivity (Wildman–Crippen MR) is 77.4 cm³/mol. The minimum atomic E-state index is 0.294. The van der Waals surface area contributed by atoms with Crippen LogP contribution in [0.4, 0.5) is 11.5 Å². The minimum Gasteiger partial charge on any atom is -0.397 e. The standard InChI is InChI=1S/C13H20BrN3O/c14-12-5-11(15)7-17-13(12)16-6-9-3-1-2-4-10(9)8-18/h5,7,9-10,18H,1-4,6,8,15H2,(H,16,17). The highest BCUT2D eigenvalue weighted by Crippen LogP contribution is 2.30. The fraction of sp³-hybridized carbons (Fsp3) is 0.615. The maximum Gasteiger partial charge on any atom is 0.140 e. The zero-order valence-electron chi connectivity index (χ0n) is 10.4. The Kier molecular flexibility index (Phi) is 4.83. The van der Waals surface area contributed by atoms with Crippen LogP contribution in [-0.4, -0.2) is 23.2 Å². The van der Waals surface area contributed by atoms with Crippen LogP contribution in [0.25, 0.3) is 0 Å². The molecule has 1 aliphatic carbocycles. The zero-order chi connectivity index (χ0) is 13.0. The van der Waals surface area contributed by atoms with Gasteiger partial charge >= 0.3 is 0 Å². The van der Waals surface area contributed by atoms with E-state index in [9.17, 15) is 5.11 Å². The fourth-order valence-corrected chi connectivity index (χ4v) is 3.11. The Labute approximate surface area is 116 Å². The van der Waals surface area contributed by atoms with Crippen LogP contribution in [0.15, 0.2) is 16.7 Å². The van der Waals surface area contributed by atoms with Crippen LogP contribution in [0.3, 0.4) is 0 Å². The van der Waals surface area contributed by atoms with Gasteiger partial charge in [-0.3, -0.25) is 0 Å². The number of rotatable bonds is 4. The van der Waals surface area contributed by atoms with E-state index < -0.39 is 0 Å². The summed E-state index contributed by atoms with van der Waals surface area (Å²) in [6.45, 7) is 1.16. The average Bonchev–Trinajstić information content (AvgIpc) is 2.38. The number of nitrogens with one attached hydrogen (secondary N) is 1. The fourth-order valence-electron chi connectivity index (χ4n) is 2.60. The number of halogens is 1. The van der Waals surface area contributed by atoms with Crippen LogP contribution in [0, 0.1) is 11.8 Å². The molecule has 1 saturated carbocycles. The molecule has 0 saturated heterocycles. The highest BCUT2D eigenvalue weighted by Gasteiger charge is 2.24. The summed E-state index contributed by atoms with van der Waals surface area (Å²) in [4.78, 5) is 4.27. The molecular formula is C13H20BrN3O. The number of hydrogen-bond donors (Lipinski definition) is 3. The highest BCUT2D eigenvalue weighted by atomic mass is 79.9. The molecule has 2 atom stereocenters. The molecule has 1 aromatic rings. The molecule has 5 heteroatoms. The molecule has 100 valence electrons. The van der Waals surface area contributed by atoms with Crippen molar-refractivity contribution in [3.63, 3.8) is 0 Å². The number of anilines is 2. The van der Waals surface area contributed by atoms with Gasteiger partial charge in [-0.2, -0.15) is 0 Å². The topological polar surface area (TPSA) is 71.2 Å². The van der Waals surface area contributed by atoms with Crippen LogP contribution in [0.5, 0.6) is 0 Å². The Morgan fingerprint density at radius 3 is 2.78 bits per heavy atom. The second-order valence-corrected chi connectivity index (χ2v) is 5.82. The number of nitrogen functional groups attached to an aromatic ring is 1. The van der Waals surface area contributed by atoms with Crippen molar-refractivity contribution in [1.29, 1.82) is 0 Å². The quantitative estimate of drug-likeness (QED) is 0.799. The van der Waals surface area contributed by atoms with E-state index in [4.69, 9.17) is 5.73 Å². The van der Waals surface area contributed by atoms with Crippen molar-refractivity contribution >= 4 is 27.4 Å². The molecule has 0 spiro atoms. The number of aliphatic hydroxyl groups is 1. The first-order chi connectivity index (χ1) is 8.70. The Balaban J connectivity index is 1.93. The predicted octanol–water partition coefficient (Wildman–Crippen LogP) is 2.64. The van der Waals surface area contributed by atoms with Gasteiger partial charge in [0.2, 0.25) is 0 Å². The highest BCUT2D eigenvalue weighted by molar-refractivity contribution is 9.10. The molecule has 4 nitrogen and oxygen atoms in total. The lowest BCUT2D eigenvalue weighted by atomic mass is 9.79. The van der Waals surface area contributed by atoms with Crippen molar-refractivity contribution in [3.8, 4) is 0 Å². The number of nitrogens with zero attached hydrogens (tertiary/aromatic N) is 1. The lowest BCUT2D eigenvalue weighted by Crippen LogP contribution is -2.28. The summed E-state index contributed by atoms with van der Waals surface area (Å²) >= 11 is 3.45. The number of aromatic nitrogens is 1. The molecular weight excluding hydrogens is 294 g/mol. The Morgan fingerprint density at radius 2 is 2.11 bits per heavy atom. The van der Waals surface area contributed by atoms with Gasteiger partial charge in [0.25, 0.3) is 0 Å². The molecule has 0 radical (unpaired) electrons. The second-order valence-electron chi connectivity index (χ2n) is 4.97. The van der Waals surface area contributed by atoms with Crippen molar-refractivity contribution in [3.05, 3.63) is 16.7 Å². The third-order valence-corrected chi connectivity index (χ3v) is 4.30. The average molecular weight is 314 g/mol. The van der Waals surface area contributed by atoms with E-state index in [2.05, 4.69) is 26.2 Å². The van der Waals surface area contributed by atoms with E-state index in [1.807, 2.05) is 6.07 Å². The molecule has 1 aromatic heterocycles. The summed E-state index contributed by atoms with van der Waals surface area (Å²) in [5.74, 6) is 1.79. The lowest BCUT2D eigenvalue weighted by molar-refractivity contribution is 0.141. The van der Waals surface area contributed by atoms with Crippen LogP contribution in [0.2, 0.25) is 0 Å². The first-order valence-electron chi connectivity index (χ1n) is 6.46. The van der Waals surface area contributed by atoms with Gasteiger partial charge in [0, 0.05) is 13.2 Å². The molecule has 1 heterocycles. The van der Waals surface area contributed by atoms with Crippen molar-refractivity contribution in [2.75, 3.05) is 24.2 Å². The van der Waals surface area contributed by atoms with Crippen molar-refractivity contribution in [2.45, 2.75) is 25.7 Å². The van der Waals surface area contributed by atoms with Crippen molar-refractivity contribution in [1.82, 2.24) is 4.98 Å². The van der Waals surface area contributed by atoms with E-state index in [1.54, 1.807) is 6.20 Å². The van der Waals surface area contributed by atoms with Crippen LogP contribution in [-0.2, 0) is 0 Å². The van der Waals surface area contributed by atoms with Gasteiger partial charge in [-0.25, -0.2) is 4.98 Å². The second kappa shape index (κ2) is 6.38. The number of aliphatic hydroxyl groups excluding tert-OH is 1. The largest absolute Gasteiger partial charge is 0.397 e. The van der Waals surface area contributed by atoms with Gasteiger partial charge in [-0.05, 0) is 46.7 Å². The van der Waals surface area contributed by atoms with E-state index in [0.29, 0.717) is 24.1 Å². The maximum absolute atomic E-state index is 9.38.